The summed E-state index contributed by atoms with van der Waals surface area (Å²) in [6.07, 6.45) is 4.17. The Balaban J connectivity index is 2.23. The fourth-order valence-electron chi connectivity index (χ4n) is 1.72. The largest absolute Gasteiger partial charge is 0.388 e. The number of aryl methyl sites for hydroxylation is 1. The van der Waals surface area contributed by atoms with Crippen molar-refractivity contribution in [3.63, 3.8) is 0 Å². The first-order valence-corrected chi connectivity index (χ1v) is 4.60. The van der Waals surface area contributed by atoms with Crippen molar-refractivity contribution in [2.45, 2.75) is 25.5 Å². The molecule has 0 aromatic carbocycles. The Morgan fingerprint density at radius 2 is 2.54 bits per heavy atom. The number of aliphatic hydroxyl groups is 1. The number of rotatable bonds is 2. The summed E-state index contributed by atoms with van der Waals surface area (Å²) in [5.41, 5.74) is 0. The van der Waals surface area contributed by atoms with Crippen LogP contribution < -0.4 is 0 Å². The van der Waals surface area contributed by atoms with Gasteiger partial charge in [0, 0.05) is 18.8 Å². The van der Waals surface area contributed by atoms with Gasteiger partial charge in [0.05, 0.1) is 19.3 Å². The number of hydrogen-bond acceptors (Lipinski definition) is 3. The number of hydrogen-bond donors (Lipinski definition) is 1. The Morgan fingerprint density at radius 1 is 1.69 bits per heavy atom. The van der Waals surface area contributed by atoms with E-state index in [4.69, 9.17) is 4.74 Å². The summed E-state index contributed by atoms with van der Waals surface area (Å²) in [7, 11) is 0. The molecule has 72 valence electrons. The monoisotopic (exact) mass is 182 g/mol. The summed E-state index contributed by atoms with van der Waals surface area (Å²) in [5.74, 6) is 1.01. The van der Waals surface area contributed by atoms with Crippen LogP contribution in [-0.2, 0) is 11.2 Å². The Morgan fingerprint density at radius 3 is 3.15 bits per heavy atom. The Kier molecular flexibility index (Phi) is 2.33. The molecule has 0 aliphatic carbocycles. The third-order valence-corrected chi connectivity index (χ3v) is 2.44. The number of aliphatic hydroxyl groups excluding tert-OH is 1. The highest BCUT2D eigenvalue weighted by Crippen LogP contribution is 2.20. The topological polar surface area (TPSA) is 47.3 Å². The van der Waals surface area contributed by atoms with Crippen LogP contribution in [0.2, 0.25) is 0 Å². The van der Waals surface area contributed by atoms with Gasteiger partial charge >= 0.3 is 0 Å². The van der Waals surface area contributed by atoms with Crippen molar-refractivity contribution in [3.05, 3.63) is 18.2 Å². The van der Waals surface area contributed by atoms with Gasteiger partial charge in [0.25, 0.3) is 0 Å². The van der Waals surface area contributed by atoms with E-state index in [1.807, 2.05) is 10.8 Å². The van der Waals surface area contributed by atoms with E-state index in [0.29, 0.717) is 13.2 Å². The molecular weight excluding hydrogens is 168 g/mol. The zero-order valence-electron chi connectivity index (χ0n) is 7.68. The van der Waals surface area contributed by atoms with Crippen molar-refractivity contribution in [1.82, 2.24) is 9.55 Å². The van der Waals surface area contributed by atoms with Crippen LogP contribution in [-0.4, -0.2) is 34.0 Å². The molecule has 4 heteroatoms. The van der Waals surface area contributed by atoms with E-state index >= 15 is 0 Å². The van der Waals surface area contributed by atoms with Gasteiger partial charge in [-0.2, -0.15) is 0 Å². The van der Waals surface area contributed by atoms with E-state index < -0.39 is 0 Å². The zero-order chi connectivity index (χ0) is 9.26. The Labute approximate surface area is 77.2 Å². The molecule has 1 saturated heterocycles. The fraction of sp³-hybridized carbons (Fsp3) is 0.667. The molecule has 2 rings (SSSR count). The van der Waals surface area contributed by atoms with Gasteiger partial charge in [-0.25, -0.2) is 4.98 Å². The zero-order valence-corrected chi connectivity index (χ0v) is 7.68. The van der Waals surface area contributed by atoms with E-state index in [9.17, 15) is 5.11 Å². The van der Waals surface area contributed by atoms with Crippen molar-refractivity contribution < 1.29 is 9.84 Å². The van der Waals surface area contributed by atoms with Crippen LogP contribution in [0.4, 0.5) is 0 Å². The highest BCUT2D eigenvalue weighted by atomic mass is 16.5. The van der Waals surface area contributed by atoms with Crippen LogP contribution >= 0.6 is 0 Å². The molecule has 1 fully saturated rings. The standard InChI is InChI=1S/C9H14N2O2/c1-2-9-10-3-4-11(9)7-5-13-6-8(7)12/h3-4,7-8,12H,2,5-6H2,1H3. The van der Waals surface area contributed by atoms with E-state index in [0.717, 1.165) is 12.2 Å². The molecular formula is C9H14N2O2. The second-order valence-electron chi connectivity index (χ2n) is 3.28. The first-order valence-electron chi connectivity index (χ1n) is 4.60. The van der Waals surface area contributed by atoms with Crippen LogP contribution in [0.5, 0.6) is 0 Å². The highest BCUT2D eigenvalue weighted by molar-refractivity contribution is 4.97. The van der Waals surface area contributed by atoms with Gasteiger partial charge in [0.2, 0.25) is 0 Å². The Bertz CT molecular complexity index is 285. The average Bonchev–Trinajstić information content (AvgIpc) is 2.71. The summed E-state index contributed by atoms with van der Waals surface area (Å²) in [6, 6.07) is 0.0532. The first-order chi connectivity index (χ1) is 6.33. The van der Waals surface area contributed by atoms with Gasteiger partial charge in [-0.1, -0.05) is 6.92 Å². The fourth-order valence-corrected chi connectivity index (χ4v) is 1.72. The minimum atomic E-state index is -0.389. The molecule has 1 aliphatic rings. The third kappa shape index (κ3) is 1.47. The molecule has 0 saturated carbocycles. The van der Waals surface area contributed by atoms with Crippen LogP contribution in [0.15, 0.2) is 12.4 Å². The molecule has 1 aliphatic heterocycles. The second kappa shape index (κ2) is 3.47. The van der Waals surface area contributed by atoms with Crippen LogP contribution in [0.1, 0.15) is 18.8 Å². The predicted molar refractivity (Wildman–Crippen MR) is 47.5 cm³/mol. The lowest BCUT2D eigenvalue weighted by atomic mass is 10.2. The molecule has 4 nitrogen and oxygen atoms in total. The van der Waals surface area contributed by atoms with E-state index in [1.54, 1.807) is 6.20 Å². The molecule has 1 aromatic rings. The minimum absolute atomic E-state index is 0.0532. The molecule has 0 bridgehead atoms. The molecule has 0 radical (unpaired) electrons. The second-order valence-corrected chi connectivity index (χ2v) is 3.28. The Hall–Kier alpha value is -0.870. The number of imidazole rings is 1. The van der Waals surface area contributed by atoms with Gasteiger partial charge in [0.1, 0.15) is 11.9 Å². The van der Waals surface area contributed by atoms with Crippen molar-refractivity contribution >= 4 is 0 Å². The van der Waals surface area contributed by atoms with Crippen LogP contribution in [0.3, 0.4) is 0 Å². The lowest BCUT2D eigenvalue weighted by Crippen LogP contribution is -2.23. The molecule has 13 heavy (non-hydrogen) atoms. The van der Waals surface area contributed by atoms with Gasteiger partial charge in [0.15, 0.2) is 0 Å². The summed E-state index contributed by atoms with van der Waals surface area (Å²) in [4.78, 5) is 4.21. The number of nitrogens with zero attached hydrogens (tertiary/aromatic N) is 2. The summed E-state index contributed by atoms with van der Waals surface area (Å²) in [6.45, 7) is 3.08. The normalized spacial score (nSPS) is 28.2. The van der Waals surface area contributed by atoms with Crippen molar-refractivity contribution in [1.29, 1.82) is 0 Å². The predicted octanol–water partition coefficient (Wildman–Crippen LogP) is 0.378. The van der Waals surface area contributed by atoms with Gasteiger partial charge < -0.3 is 14.4 Å². The molecule has 0 spiro atoms. The molecule has 2 heterocycles. The molecule has 0 amide bonds. The number of aromatic nitrogens is 2. The van der Waals surface area contributed by atoms with E-state index in [2.05, 4.69) is 11.9 Å². The summed E-state index contributed by atoms with van der Waals surface area (Å²) < 4.78 is 7.21. The van der Waals surface area contributed by atoms with E-state index in [-0.39, 0.29) is 12.1 Å². The van der Waals surface area contributed by atoms with Crippen molar-refractivity contribution in [3.8, 4) is 0 Å². The number of ether oxygens (including phenoxy) is 1. The first kappa shape index (κ1) is 8.72. The minimum Gasteiger partial charge on any atom is -0.388 e. The summed E-state index contributed by atoms with van der Waals surface area (Å²) >= 11 is 0. The lowest BCUT2D eigenvalue weighted by Gasteiger charge is -2.16. The molecule has 1 N–H and O–H groups in total. The van der Waals surface area contributed by atoms with Crippen LogP contribution in [0.25, 0.3) is 0 Å². The quantitative estimate of drug-likeness (QED) is 0.719. The maximum absolute atomic E-state index is 9.61. The molecule has 2 unspecified atom stereocenters. The van der Waals surface area contributed by atoms with Gasteiger partial charge in [-0.3, -0.25) is 0 Å². The maximum atomic E-state index is 9.61. The summed E-state index contributed by atoms with van der Waals surface area (Å²) in [5, 5.41) is 9.61. The molecule has 2 atom stereocenters. The lowest BCUT2D eigenvalue weighted by molar-refractivity contribution is 0.119. The highest BCUT2D eigenvalue weighted by Gasteiger charge is 2.28. The molecule has 1 aromatic heterocycles. The van der Waals surface area contributed by atoms with Gasteiger partial charge in [-0.05, 0) is 0 Å². The average molecular weight is 182 g/mol. The third-order valence-electron chi connectivity index (χ3n) is 2.44. The van der Waals surface area contributed by atoms with Crippen LogP contribution in [0, 0.1) is 0 Å². The smallest absolute Gasteiger partial charge is 0.108 e. The van der Waals surface area contributed by atoms with Gasteiger partial charge in [-0.15, -0.1) is 0 Å². The van der Waals surface area contributed by atoms with E-state index in [1.165, 1.54) is 0 Å². The SMILES string of the molecule is CCc1nccn1C1COCC1O. The maximum Gasteiger partial charge on any atom is 0.108 e. The van der Waals surface area contributed by atoms with Crippen molar-refractivity contribution in [2.24, 2.45) is 0 Å². The van der Waals surface area contributed by atoms with Crippen molar-refractivity contribution in [2.75, 3.05) is 13.2 Å².